The third-order valence-corrected chi connectivity index (χ3v) is 5.68. The quantitative estimate of drug-likeness (QED) is 0.488. The highest BCUT2D eigenvalue weighted by Crippen LogP contribution is 2.36. The third kappa shape index (κ3) is 3.83. The minimum Gasteiger partial charge on any atom is -0.486 e. The van der Waals surface area contributed by atoms with Gasteiger partial charge >= 0.3 is 0 Å². The summed E-state index contributed by atoms with van der Waals surface area (Å²) in [6.07, 6.45) is 3.59. The van der Waals surface area contributed by atoms with Crippen molar-refractivity contribution in [3.8, 4) is 11.9 Å². The highest BCUT2D eigenvalue weighted by molar-refractivity contribution is 7.20. The fourth-order valence-electron chi connectivity index (χ4n) is 3.10. The standard InChI is InChI=1S/C19H16FN5O3S/c1-10-15-17(23-9-24-19(15)29-16(10)18(26)22-8-21)25-13-3-2-11(20)6-14(13)28-12-4-5-27-7-12/h2-3,6,9,12H,4-5,7H2,1H3,(H,22,26)(H,23,24,25). The summed E-state index contributed by atoms with van der Waals surface area (Å²) >= 11 is 1.17. The second kappa shape index (κ2) is 7.98. The highest BCUT2D eigenvalue weighted by Gasteiger charge is 2.22. The number of anilines is 2. The Morgan fingerprint density at radius 1 is 1.45 bits per heavy atom. The molecule has 4 rings (SSSR count). The Hall–Kier alpha value is -3.29. The van der Waals surface area contributed by atoms with E-state index in [0.29, 0.717) is 51.1 Å². The minimum atomic E-state index is -0.494. The molecule has 1 unspecified atom stereocenters. The van der Waals surface area contributed by atoms with Crippen molar-refractivity contribution >= 4 is 39.0 Å². The summed E-state index contributed by atoms with van der Waals surface area (Å²) in [7, 11) is 0. The van der Waals surface area contributed by atoms with Gasteiger partial charge in [0.25, 0.3) is 5.91 Å². The molecular weight excluding hydrogens is 397 g/mol. The van der Waals surface area contributed by atoms with Gasteiger partial charge in [0, 0.05) is 12.5 Å². The Bertz CT molecular complexity index is 1120. The van der Waals surface area contributed by atoms with Gasteiger partial charge in [0.2, 0.25) is 0 Å². The van der Waals surface area contributed by atoms with Gasteiger partial charge in [0.1, 0.15) is 34.6 Å². The van der Waals surface area contributed by atoms with Crippen LogP contribution in [0.3, 0.4) is 0 Å². The second-order valence-corrected chi connectivity index (χ2v) is 7.39. The molecule has 1 aliphatic heterocycles. The predicted molar refractivity (Wildman–Crippen MR) is 105 cm³/mol. The molecule has 29 heavy (non-hydrogen) atoms. The number of carbonyl (C=O) groups is 1. The molecule has 8 nitrogen and oxygen atoms in total. The first kappa shape index (κ1) is 19.0. The second-order valence-electron chi connectivity index (χ2n) is 6.39. The summed E-state index contributed by atoms with van der Waals surface area (Å²) in [5, 5.41) is 14.7. The maximum atomic E-state index is 13.8. The number of hydrogen-bond donors (Lipinski definition) is 2. The number of benzene rings is 1. The van der Waals surface area contributed by atoms with Gasteiger partial charge in [-0.05, 0) is 24.6 Å². The zero-order valence-corrected chi connectivity index (χ0v) is 16.2. The number of nitrogens with zero attached hydrogens (tertiary/aromatic N) is 3. The predicted octanol–water partition coefficient (Wildman–Crippen LogP) is 3.26. The van der Waals surface area contributed by atoms with Crippen molar-refractivity contribution in [2.24, 2.45) is 0 Å². The van der Waals surface area contributed by atoms with Crippen LogP contribution in [0.1, 0.15) is 21.7 Å². The van der Waals surface area contributed by atoms with Gasteiger partial charge < -0.3 is 14.8 Å². The summed E-state index contributed by atoms with van der Waals surface area (Å²) in [5.74, 6) is -0.105. The summed E-state index contributed by atoms with van der Waals surface area (Å²) in [6, 6.07) is 4.20. The van der Waals surface area contributed by atoms with Crippen molar-refractivity contribution in [3.05, 3.63) is 40.8 Å². The Morgan fingerprint density at radius 3 is 3.07 bits per heavy atom. The normalized spacial score (nSPS) is 15.8. The van der Waals surface area contributed by atoms with E-state index >= 15 is 0 Å². The summed E-state index contributed by atoms with van der Waals surface area (Å²) in [4.78, 5) is 21.6. The molecule has 148 valence electrons. The van der Waals surface area contributed by atoms with Crippen molar-refractivity contribution in [2.75, 3.05) is 18.5 Å². The van der Waals surface area contributed by atoms with Gasteiger partial charge in [0.15, 0.2) is 6.19 Å². The number of aryl methyl sites for hydroxylation is 1. The van der Waals surface area contributed by atoms with Crippen LogP contribution in [0.15, 0.2) is 24.5 Å². The fourth-order valence-corrected chi connectivity index (χ4v) is 4.14. The lowest BCUT2D eigenvalue weighted by Gasteiger charge is -2.17. The number of thiophene rings is 1. The molecule has 1 fully saturated rings. The van der Waals surface area contributed by atoms with Gasteiger partial charge in [-0.3, -0.25) is 10.1 Å². The van der Waals surface area contributed by atoms with Gasteiger partial charge in [-0.2, -0.15) is 5.26 Å². The summed E-state index contributed by atoms with van der Waals surface area (Å²) < 4.78 is 25.0. The molecule has 0 radical (unpaired) electrons. The van der Waals surface area contributed by atoms with E-state index in [2.05, 4.69) is 20.6 Å². The van der Waals surface area contributed by atoms with Crippen LogP contribution in [0.4, 0.5) is 15.9 Å². The van der Waals surface area contributed by atoms with Crippen molar-refractivity contribution < 1.29 is 18.7 Å². The van der Waals surface area contributed by atoms with Crippen molar-refractivity contribution in [2.45, 2.75) is 19.4 Å². The Labute approximate surface area is 169 Å². The average Bonchev–Trinajstić information content (AvgIpc) is 3.32. The summed E-state index contributed by atoms with van der Waals surface area (Å²) in [6.45, 7) is 2.82. The van der Waals surface area contributed by atoms with Crippen LogP contribution in [0, 0.1) is 24.2 Å². The molecule has 2 N–H and O–H groups in total. The van der Waals surface area contributed by atoms with Crippen LogP contribution in [0.2, 0.25) is 0 Å². The minimum absolute atomic E-state index is 0.146. The first-order valence-corrected chi connectivity index (χ1v) is 9.63. The van der Waals surface area contributed by atoms with E-state index in [4.69, 9.17) is 14.7 Å². The van der Waals surface area contributed by atoms with Crippen LogP contribution in [0.5, 0.6) is 5.75 Å². The van der Waals surface area contributed by atoms with Crippen LogP contribution in [-0.2, 0) is 4.74 Å². The number of hydrogen-bond acceptors (Lipinski definition) is 8. The van der Waals surface area contributed by atoms with Gasteiger partial charge in [0.05, 0.1) is 29.2 Å². The van der Waals surface area contributed by atoms with E-state index < -0.39 is 11.7 Å². The van der Waals surface area contributed by atoms with Crippen LogP contribution in [-0.4, -0.2) is 35.2 Å². The lowest BCUT2D eigenvalue weighted by molar-refractivity contribution is 0.0976. The number of fused-ring (bicyclic) bond motifs is 1. The largest absolute Gasteiger partial charge is 0.486 e. The molecule has 0 bridgehead atoms. The molecule has 0 saturated carbocycles. The fraction of sp³-hybridized carbons (Fsp3) is 0.263. The third-order valence-electron chi connectivity index (χ3n) is 4.48. The first-order valence-electron chi connectivity index (χ1n) is 8.81. The molecule has 10 heteroatoms. The number of halogens is 1. The molecule has 0 aliphatic carbocycles. The molecule has 1 aliphatic rings. The zero-order chi connectivity index (χ0) is 20.4. The molecule has 1 atom stereocenters. The van der Waals surface area contributed by atoms with E-state index in [0.717, 1.165) is 6.42 Å². The SMILES string of the molecule is Cc1c(C(=O)NC#N)sc2ncnc(Nc3ccc(F)cc3OC3CCOC3)c12. The molecular formula is C19H16FN5O3S. The Kier molecular flexibility index (Phi) is 5.24. The van der Waals surface area contributed by atoms with Gasteiger partial charge in [-0.15, -0.1) is 11.3 Å². The highest BCUT2D eigenvalue weighted by atomic mass is 32.1. The number of nitrogens with one attached hydrogen (secondary N) is 2. The number of carbonyl (C=O) groups excluding carboxylic acids is 1. The molecule has 0 spiro atoms. The van der Waals surface area contributed by atoms with Crippen LogP contribution >= 0.6 is 11.3 Å². The maximum absolute atomic E-state index is 13.8. The first-order chi connectivity index (χ1) is 14.1. The number of rotatable bonds is 5. The van der Waals surface area contributed by atoms with E-state index in [1.807, 2.05) is 0 Å². The Balaban J connectivity index is 1.71. The Morgan fingerprint density at radius 2 is 2.31 bits per heavy atom. The summed E-state index contributed by atoms with van der Waals surface area (Å²) in [5.41, 5.74) is 1.18. The topological polar surface area (TPSA) is 109 Å². The van der Waals surface area contributed by atoms with Crippen molar-refractivity contribution in [1.82, 2.24) is 15.3 Å². The molecule has 1 aromatic carbocycles. The number of nitriles is 1. The monoisotopic (exact) mass is 413 g/mol. The number of ether oxygens (including phenoxy) is 2. The average molecular weight is 413 g/mol. The molecule has 1 amide bonds. The van der Waals surface area contributed by atoms with Gasteiger partial charge in [-0.1, -0.05) is 0 Å². The molecule has 3 aromatic rings. The van der Waals surface area contributed by atoms with Crippen LogP contribution < -0.4 is 15.4 Å². The van der Waals surface area contributed by atoms with Crippen LogP contribution in [0.25, 0.3) is 10.2 Å². The van der Waals surface area contributed by atoms with E-state index in [1.165, 1.54) is 29.8 Å². The molecule has 2 aromatic heterocycles. The molecule has 3 heterocycles. The van der Waals surface area contributed by atoms with E-state index in [1.54, 1.807) is 19.2 Å². The molecule has 1 saturated heterocycles. The maximum Gasteiger partial charge on any atom is 0.274 e. The van der Waals surface area contributed by atoms with Crippen molar-refractivity contribution in [1.29, 1.82) is 5.26 Å². The zero-order valence-electron chi connectivity index (χ0n) is 15.4. The lowest BCUT2D eigenvalue weighted by atomic mass is 10.2. The van der Waals surface area contributed by atoms with E-state index in [-0.39, 0.29) is 6.10 Å². The van der Waals surface area contributed by atoms with Crippen molar-refractivity contribution in [3.63, 3.8) is 0 Å². The van der Waals surface area contributed by atoms with Gasteiger partial charge in [-0.25, -0.2) is 14.4 Å². The lowest BCUT2D eigenvalue weighted by Crippen LogP contribution is -2.17. The number of aromatic nitrogens is 2. The van der Waals surface area contributed by atoms with E-state index in [9.17, 15) is 9.18 Å². The number of amides is 1. The smallest absolute Gasteiger partial charge is 0.274 e.